The van der Waals surface area contributed by atoms with Crippen LogP contribution >= 0.6 is 0 Å². The first-order valence-electron chi connectivity index (χ1n) is 4.10. The lowest BCUT2D eigenvalue weighted by Crippen LogP contribution is -2.34. The van der Waals surface area contributed by atoms with Gasteiger partial charge >= 0.3 is 5.97 Å². The summed E-state index contributed by atoms with van der Waals surface area (Å²) in [5.41, 5.74) is -0.144. The molecule has 0 radical (unpaired) electrons. The lowest BCUT2D eigenvalue weighted by Gasteiger charge is -2.30. The van der Waals surface area contributed by atoms with Crippen molar-refractivity contribution in [3.8, 4) is 0 Å². The molecule has 0 unspecified atom stereocenters. The number of aliphatic hydroxyl groups is 1. The van der Waals surface area contributed by atoms with Crippen LogP contribution < -0.4 is 0 Å². The summed E-state index contributed by atoms with van der Waals surface area (Å²) in [6.07, 6.45) is 0.947. The van der Waals surface area contributed by atoms with Crippen molar-refractivity contribution in [1.82, 2.24) is 0 Å². The Labute approximate surface area is 72.0 Å². The van der Waals surface area contributed by atoms with Gasteiger partial charge in [-0.1, -0.05) is 6.92 Å². The lowest BCUT2D eigenvalue weighted by atomic mass is 9.96. The normalized spacial score (nSPS) is 22.4. The van der Waals surface area contributed by atoms with Gasteiger partial charge in [0.15, 0.2) is 0 Å². The van der Waals surface area contributed by atoms with Crippen LogP contribution in [0.1, 0.15) is 33.6 Å². The van der Waals surface area contributed by atoms with E-state index in [0.29, 0.717) is 18.4 Å². The largest absolute Gasteiger partial charge is 0.512 e. The smallest absolute Gasteiger partial charge is 0.337 e. The Morgan fingerprint density at radius 1 is 1.58 bits per heavy atom. The van der Waals surface area contributed by atoms with Gasteiger partial charge in [-0.05, 0) is 20.3 Å². The van der Waals surface area contributed by atoms with Crippen molar-refractivity contribution in [3.63, 3.8) is 0 Å². The molecule has 3 heteroatoms. The maximum Gasteiger partial charge on any atom is 0.337 e. The molecule has 0 saturated heterocycles. The highest BCUT2D eigenvalue weighted by atomic mass is 16.6. The summed E-state index contributed by atoms with van der Waals surface area (Å²) in [4.78, 5) is 11.2. The molecule has 1 rings (SSSR count). The van der Waals surface area contributed by atoms with Crippen molar-refractivity contribution < 1.29 is 14.6 Å². The molecule has 3 nitrogen and oxygen atoms in total. The first-order chi connectivity index (χ1) is 5.46. The molecule has 0 aromatic rings. The minimum atomic E-state index is -0.556. The number of esters is 1. The highest BCUT2D eigenvalue weighted by molar-refractivity contribution is 5.90. The Morgan fingerprint density at radius 3 is 2.58 bits per heavy atom. The van der Waals surface area contributed by atoms with E-state index in [1.165, 1.54) is 0 Å². The molecule has 1 heterocycles. The minimum absolute atomic E-state index is 0.179. The van der Waals surface area contributed by atoms with Gasteiger partial charge in [0, 0.05) is 6.42 Å². The molecule has 0 atom stereocenters. The third-order valence-electron chi connectivity index (χ3n) is 1.91. The molecule has 0 spiro atoms. The zero-order valence-corrected chi connectivity index (χ0v) is 7.68. The van der Waals surface area contributed by atoms with Crippen LogP contribution in [0.2, 0.25) is 0 Å². The number of hydrogen-bond donors (Lipinski definition) is 1. The van der Waals surface area contributed by atoms with Gasteiger partial charge in [-0.3, -0.25) is 0 Å². The topological polar surface area (TPSA) is 46.5 Å². The number of rotatable bonds is 1. The average molecular weight is 170 g/mol. The van der Waals surface area contributed by atoms with Crippen LogP contribution in [0, 0.1) is 0 Å². The van der Waals surface area contributed by atoms with E-state index in [2.05, 4.69) is 0 Å². The maximum absolute atomic E-state index is 11.2. The summed E-state index contributed by atoms with van der Waals surface area (Å²) in [6, 6.07) is 0. The number of hydrogen-bond acceptors (Lipinski definition) is 3. The van der Waals surface area contributed by atoms with Gasteiger partial charge in [-0.15, -0.1) is 0 Å². The van der Waals surface area contributed by atoms with Crippen molar-refractivity contribution in [1.29, 1.82) is 0 Å². The van der Waals surface area contributed by atoms with E-state index in [1.807, 2.05) is 6.92 Å². The number of carbonyl (C=O) groups is 1. The molecule has 1 N–H and O–H groups in total. The Bertz CT molecular complexity index is 238. The fourth-order valence-electron chi connectivity index (χ4n) is 1.32. The van der Waals surface area contributed by atoms with Gasteiger partial charge in [0.1, 0.15) is 11.4 Å². The van der Waals surface area contributed by atoms with Crippen molar-refractivity contribution >= 4 is 5.97 Å². The Balaban J connectivity index is 2.95. The summed E-state index contributed by atoms with van der Waals surface area (Å²) >= 11 is 0. The van der Waals surface area contributed by atoms with Crippen LogP contribution in [-0.4, -0.2) is 16.7 Å². The standard InChI is InChI=1S/C9H14O3/c1-4-6-7(10)5-9(2,3)12-8(6)11/h10H,4-5H2,1-3H3. The van der Waals surface area contributed by atoms with E-state index >= 15 is 0 Å². The van der Waals surface area contributed by atoms with Gasteiger partial charge in [0.2, 0.25) is 0 Å². The van der Waals surface area contributed by atoms with Gasteiger partial charge in [-0.2, -0.15) is 0 Å². The van der Waals surface area contributed by atoms with E-state index < -0.39 is 5.60 Å². The number of carbonyl (C=O) groups excluding carboxylic acids is 1. The first kappa shape index (κ1) is 9.10. The van der Waals surface area contributed by atoms with Crippen molar-refractivity contribution in [2.24, 2.45) is 0 Å². The van der Waals surface area contributed by atoms with Gasteiger partial charge in [-0.25, -0.2) is 4.79 Å². The summed E-state index contributed by atoms with van der Waals surface area (Å²) in [5.74, 6) is -0.204. The molecular weight excluding hydrogens is 156 g/mol. The predicted octanol–water partition coefficient (Wildman–Crippen LogP) is 1.93. The van der Waals surface area contributed by atoms with Gasteiger partial charge in [0.05, 0.1) is 5.57 Å². The van der Waals surface area contributed by atoms with E-state index in [9.17, 15) is 9.90 Å². The van der Waals surface area contributed by atoms with Crippen molar-refractivity contribution in [2.45, 2.75) is 39.2 Å². The summed E-state index contributed by atoms with van der Waals surface area (Å²) in [5, 5.41) is 9.45. The van der Waals surface area contributed by atoms with Crippen molar-refractivity contribution in [3.05, 3.63) is 11.3 Å². The van der Waals surface area contributed by atoms with E-state index in [4.69, 9.17) is 4.74 Å². The van der Waals surface area contributed by atoms with Crippen LogP contribution in [0.3, 0.4) is 0 Å². The molecule has 0 aromatic heterocycles. The SMILES string of the molecule is CCC1=C(O)CC(C)(C)OC1=O. The summed E-state index contributed by atoms with van der Waals surface area (Å²) < 4.78 is 5.09. The van der Waals surface area contributed by atoms with Crippen molar-refractivity contribution in [2.75, 3.05) is 0 Å². The van der Waals surface area contributed by atoms with Crippen LogP contribution in [0.4, 0.5) is 0 Å². The lowest BCUT2D eigenvalue weighted by molar-refractivity contribution is -0.154. The predicted molar refractivity (Wildman–Crippen MR) is 44.7 cm³/mol. The number of cyclic esters (lactones) is 1. The van der Waals surface area contributed by atoms with Gasteiger partial charge < -0.3 is 9.84 Å². The number of ether oxygens (including phenoxy) is 1. The van der Waals surface area contributed by atoms with E-state index in [-0.39, 0.29) is 11.7 Å². The van der Waals surface area contributed by atoms with Crippen LogP contribution in [-0.2, 0) is 9.53 Å². The molecule has 1 aliphatic rings. The minimum Gasteiger partial charge on any atom is -0.512 e. The van der Waals surface area contributed by atoms with Gasteiger partial charge in [0.25, 0.3) is 0 Å². The zero-order chi connectivity index (χ0) is 9.35. The molecular formula is C9H14O3. The molecule has 0 bridgehead atoms. The molecule has 0 amide bonds. The van der Waals surface area contributed by atoms with Crippen LogP contribution in [0.25, 0.3) is 0 Å². The molecule has 12 heavy (non-hydrogen) atoms. The summed E-state index contributed by atoms with van der Waals surface area (Å²) in [6.45, 7) is 5.40. The first-order valence-corrected chi connectivity index (χ1v) is 4.10. The number of aliphatic hydroxyl groups excluding tert-OH is 1. The molecule has 1 aliphatic heterocycles. The second kappa shape index (κ2) is 2.81. The fourth-order valence-corrected chi connectivity index (χ4v) is 1.32. The molecule has 0 saturated carbocycles. The summed E-state index contributed by atoms with van der Waals surface area (Å²) in [7, 11) is 0. The molecule has 68 valence electrons. The van der Waals surface area contributed by atoms with E-state index in [0.717, 1.165) is 0 Å². The second-order valence-electron chi connectivity index (χ2n) is 3.60. The quantitative estimate of drug-likeness (QED) is 0.611. The van der Waals surface area contributed by atoms with Crippen LogP contribution in [0.5, 0.6) is 0 Å². The molecule has 0 aromatic carbocycles. The van der Waals surface area contributed by atoms with Crippen LogP contribution in [0.15, 0.2) is 11.3 Å². The Morgan fingerprint density at radius 2 is 2.17 bits per heavy atom. The van der Waals surface area contributed by atoms with E-state index in [1.54, 1.807) is 13.8 Å². The molecule has 0 aliphatic carbocycles. The monoisotopic (exact) mass is 170 g/mol. The highest BCUT2D eigenvalue weighted by Gasteiger charge is 2.33. The Hall–Kier alpha value is -0.990. The average Bonchev–Trinajstić information content (AvgIpc) is 1.82. The third kappa shape index (κ3) is 1.60. The Kier molecular flexibility index (Phi) is 2.13. The zero-order valence-electron chi connectivity index (χ0n) is 7.68. The fraction of sp³-hybridized carbons (Fsp3) is 0.667. The maximum atomic E-state index is 11.2. The molecule has 0 fully saturated rings. The highest BCUT2D eigenvalue weighted by Crippen LogP contribution is 2.29. The third-order valence-corrected chi connectivity index (χ3v) is 1.91. The second-order valence-corrected chi connectivity index (χ2v) is 3.60.